The molecule has 1 aliphatic carbocycles. The number of nitrogens with zero attached hydrogens (tertiary/aromatic N) is 2. The fourth-order valence-electron chi connectivity index (χ4n) is 6.49. The predicted molar refractivity (Wildman–Crippen MR) is 162 cm³/mol. The molecule has 9 heteroatoms. The molecule has 0 bridgehead atoms. The lowest BCUT2D eigenvalue weighted by Gasteiger charge is -2.45. The van der Waals surface area contributed by atoms with Gasteiger partial charge in [0.15, 0.2) is 5.78 Å². The first-order chi connectivity index (χ1) is 20.8. The molecule has 1 heterocycles. The highest BCUT2D eigenvalue weighted by Gasteiger charge is 2.45. The number of rotatable bonds is 10. The zero-order valence-corrected chi connectivity index (χ0v) is 23.9. The zero-order chi connectivity index (χ0) is 30.5. The summed E-state index contributed by atoms with van der Waals surface area (Å²) in [6.07, 6.45) is 2.80. The SMILES string of the molecule is N#Cc1c(NC(=O)[C@@H](CCN)C2c3ccccc3CC(C(N)=O)N2C(=O)CCC(=O)c2ccccc2)ccc2c1CCC2. The molecule has 0 radical (unpaired) electrons. The van der Waals surface area contributed by atoms with Crippen LogP contribution in [0.5, 0.6) is 0 Å². The minimum Gasteiger partial charge on any atom is -0.368 e. The van der Waals surface area contributed by atoms with Gasteiger partial charge in [-0.2, -0.15) is 5.26 Å². The van der Waals surface area contributed by atoms with E-state index in [1.54, 1.807) is 36.4 Å². The second-order valence-electron chi connectivity index (χ2n) is 11.1. The Balaban J connectivity index is 1.50. The van der Waals surface area contributed by atoms with E-state index in [-0.39, 0.29) is 38.0 Å². The molecule has 3 aromatic rings. The van der Waals surface area contributed by atoms with Crippen LogP contribution in [0.4, 0.5) is 5.69 Å². The third-order valence-corrected chi connectivity index (χ3v) is 8.55. The summed E-state index contributed by atoms with van der Waals surface area (Å²) in [7, 11) is 0. The van der Waals surface area contributed by atoms with Gasteiger partial charge in [-0.25, -0.2) is 0 Å². The predicted octanol–water partition coefficient (Wildman–Crippen LogP) is 3.59. The average Bonchev–Trinajstić information content (AvgIpc) is 3.51. The quantitative estimate of drug-likeness (QED) is 0.312. The van der Waals surface area contributed by atoms with Gasteiger partial charge in [0.1, 0.15) is 12.1 Å². The summed E-state index contributed by atoms with van der Waals surface area (Å²) in [4.78, 5) is 55.1. The summed E-state index contributed by atoms with van der Waals surface area (Å²) in [5.41, 5.74) is 16.8. The largest absolute Gasteiger partial charge is 0.368 e. The Morgan fingerprint density at radius 1 is 0.953 bits per heavy atom. The summed E-state index contributed by atoms with van der Waals surface area (Å²) < 4.78 is 0. The van der Waals surface area contributed by atoms with Crippen molar-refractivity contribution in [2.45, 2.75) is 57.0 Å². The summed E-state index contributed by atoms with van der Waals surface area (Å²) in [5, 5.41) is 12.9. The highest BCUT2D eigenvalue weighted by atomic mass is 16.2. The Bertz CT molecular complexity index is 1600. The molecule has 3 amide bonds. The highest BCUT2D eigenvalue weighted by Crippen LogP contribution is 2.41. The topological polar surface area (TPSA) is 159 Å². The number of Topliss-reactive ketones (excluding diaryl/α,β-unsaturated/α-hetero) is 1. The number of ketones is 1. The summed E-state index contributed by atoms with van der Waals surface area (Å²) in [6, 6.07) is 20.1. The number of anilines is 1. The molecule has 0 aromatic heterocycles. The van der Waals surface area contributed by atoms with Gasteiger partial charge in [0, 0.05) is 24.8 Å². The van der Waals surface area contributed by atoms with E-state index in [0.717, 1.165) is 41.5 Å². The van der Waals surface area contributed by atoms with Crippen molar-refractivity contribution < 1.29 is 19.2 Å². The van der Waals surface area contributed by atoms with E-state index in [2.05, 4.69) is 11.4 Å². The molecule has 1 aliphatic heterocycles. The van der Waals surface area contributed by atoms with Crippen LogP contribution in [0.2, 0.25) is 0 Å². The molecule has 220 valence electrons. The minimum absolute atomic E-state index is 0.0619. The zero-order valence-electron chi connectivity index (χ0n) is 23.9. The first-order valence-corrected chi connectivity index (χ1v) is 14.7. The Morgan fingerprint density at radius 3 is 2.42 bits per heavy atom. The average molecular weight is 578 g/mol. The highest BCUT2D eigenvalue weighted by molar-refractivity contribution is 5.99. The number of nitriles is 1. The Kier molecular flexibility index (Phi) is 8.98. The second kappa shape index (κ2) is 13.0. The summed E-state index contributed by atoms with van der Waals surface area (Å²) in [6.45, 7) is 0.141. The van der Waals surface area contributed by atoms with E-state index < -0.39 is 35.7 Å². The molecular formula is C34H35N5O4. The molecule has 3 atom stereocenters. The van der Waals surface area contributed by atoms with E-state index in [4.69, 9.17) is 11.5 Å². The van der Waals surface area contributed by atoms with Crippen molar-refractivity contribution in [1.82, 2.24) is 4.90 Å². The van der Waals surface area contributed by atoms with Crippen LogP contribution >= 0.6 is 0 Å². The maximum Gasteiger partial charge on any atom is 0.240 e. The third kappa shape index (κ3) is 6.06. The molecule has 2 unspecified atom stereocenters. The Hall–Kier alpha value is -4.81. The number of carbonyl (C=O) groups excluding carboxylic acids is 4. The van der Waals surface area contributed by atoms with Crippen LogP contribution < -0.4 is 16.8 Å². The summed E-state index contributed by atoms with van der Waals surface area (Å²) >= 11 is 0. The minimum atomic E-state index is -1.01. The standard InChI is InChI=1S/C34H35N5O4/c35-18-17-26(34(43)38-28-14-13-21-10-6-12-24(21)27(28)20-36)32-25-11-5-4-9-23(25)19-29(33(37)42)39(32)31(41)16-15-30(40)22-7-2-1-3-8-22/h1-5,7-9,11,13-14,26,29,32H,6,10,12,15-19,35H2,(H2,37,42)(H,38,43)/t26-,29?,32?/m0/s1. The Labute approximate surface area is 250 Å². The van der Waals surface area contributed by atoms with Gasteiger partial charge in [0.05, 0.1) is 23.2 Å². The van der Waals surface area contributed by atoms with Crippen LogP contribution in [0, 0.1) is 17.2 Å². The molecule has 2 aliphatic rings. The molecule has 0 saturated carbocycles. The number of carbonyl (C=O) groups is 4. The molecule has 0 saturated heterocycles. The molecule has 0 spiro atoms. The Morgan fingerprint density at radius 2 is 1.70 bits per heavy atom. The monoisotopic (exact) mass is 577 g/mol. The van der Waals surface area contributed by atoms with Crippen LogP contribution in [0.25, 0.3) is 0 Å². The lowest BCUT2D eigenvalue weighted by Crippen LogP contribution is -2.56. The molecule has 43 heavy (non-hydrogen) atoms. The van der Waals surface area contributed by atoms with Crippen molar-refractivity contribution in [3.05, 3.63) is 100 Å². The number of nitrogens with one attached hydrogen (secondary N) is 1. The number of primary amides is 1. The fourth-order valence-corrected chi connectivity index (χ4v) is 6.49. The molecule has 3 aromatic carbocycles. The van der Waals surface area contributed by atoms with Crippen molar-refractivity contribution >= 4 is 29.2 Å². The summed E-state index contributed by atoms with van der Waals surface area (Å²) in [5.74, 6) is -2.61. The fraction of sp³-hybridized carbons (Fsp3) is 0.324. The normalized spacial score (nSPS) is 17.7. The van der Waals surface area contributed by atoms with Crippen LogP contribution in [0.15, 0.2) is 66.7 Å². The molecule has 0 fully saturated rings. The lowest BCUT2D eigenvalue weighted by atomic mass is 9.79. The first-order valence-electron chi connectivity index (χ1n) is 14.7. The van der Waals surface area contributed by atoms with Gasteiger partial charge in [-0.3, -0.25) is 19.2 Å². The molecule has 9 nitrogen and oxygen atoms in total. The van der Waals surface area contributed by atoms with Crippen molar-refractivity contribution in [2.24, 2.45) is 17.4 Å². The number of nitrogens with two attached hydrogens (primary N) is 2. The molecular weight excluding hydrogens is 542 g/mol. The van der Waals surface area contributed by atoms with Gasteiger partial charge in [-0.05, 0) is 60.5 Å². The number of benzene rings is 3. The van der Waals surface area contributed by atoms with E-state index in [0.29, 0.717) is 16.8 Å². The van der Waals surface area contributed by atoms with Crippen molar-refractivity contribution in [1.29, 1.82) is 5.26 Å². The van der Waals surface area contributed by atoms with Gasteiger partial charge >= 0.3 is 0 Å². The van der Waals surface area contributed by atoms with Crippen molar-refractivity contribution in [3.63, 3.8) is 0 Å². The van der Waals surface area contributed by atoms with E-state index in [9.17, 15) is 24.4 Å². The van der Waals surface area contributed by atoms with Gasteiger partial charge in [-0.1, -0.05) is 60.7 Å². The number of amides is 3. The van der Waals surface area contributed by atoms with Crippen molar-refractivity contribution in [2.75, 3.05) is 11.9 Å². The number of fused-ring (bicyclic) bond motifs is 2. The van der Waals surface area contributed by atoms with E-state index >= 15 is 0 Å². The van der Waals surface area contributed by atoms with Gasteiger partial charge in [-0.15, -0.1) is 0 Å². The van der Waals surface area contributed by atoms with Gasteiger partial charge < -0.3 is 21.7 Å². The van der Waals surface area contributed by atoms with Crippen LogP contribution in [0.1, 0.15) is 69.9 Å². The maximum absolute atomic E-state index is 14.1. The first kappa shape index (κ1) is 29.7. The van der Waals surface area contributed by atoms with Gasteiger partial charge in [0.25, 0.3) is 0 Å². The van der Waals surface area contributed by atoms with Crippen molar-refractivity contribution in [3.8, 4) is 6.07 Å². The lowest BCUT2D eigenvalue weighted by molar-refractivity contribution is -0.146. The van der Waals surface area contributed by atoms with Crippen LogP contribution in [-0.2, 0) is 33.6 Å². The number of hydrogen-bond donors (Lipinski definition) is 3. The van der Waals surface area contributed by atoms with E-state index in [1.807, 2.05) is 30.3 Å². The molecule has 5 rings (SSSR count). The van der Waals surface area contributed by atoms with E-state index in [1.165, 1.54) is 4.90 Å². The maximum atomic E-state index is 14.1. The number of aryl methyl sites for hydroxylation is 1. The smallest absolute Gasteiger partial charge is 0.240 e. The molecule has 5 N–H and O–H groups in total. The number of hydrogen-bond acceptors (Lipinski definition) is 6. The van der Waals surface area contributed by atoms with Gasteiger partial charge in [0.2, 0.25) is 17.7 Å². The second-order valence-corrected chi connectivity index (χ2v) is 11.1. The third-order valence-electron chi connectivity index (χ3n) is 8.55. The van der Waals surface area contributed by atoms with Crippen LogP contribution in [0.3, 0.4) is 0 Å². The van der Waals surface area contributed by atoms with Crippen LogP contribution in [-0.4, -0.2) is 41.0 Å².